The third-order valence-electron chi connectivity index (χ3n) is 11.7. The molecule has 56 heavy (non-hydrogen) atoms. The molecule has 264 valence electrons. The van der Waals surface area contributed by atoms with Gasteiger partial charge in [0.2, 0.25) is 0 Å². The largest absolute Gasteiger partial charge is 0.264 e. The van der Waals surface area contributed by atoms with Crippen molar-refractivity contribution in [1.82, 2.24) is 15.0 Å². The third kappa shape index (κ3) is 4.89. The number of aryl methyl sites for hydroxylation is 2. The lowest BCUT2D eigenvalue weighted by Crippen LogP contribution is -2.32. The number of aromatic nitrogens is 3. The van der Waals surface area contributed by atoms with Gasteiger partial charge >= 0.3 is 0 Å². The molecule has 9 aromatic rings. The number of rotatable bonds is 4. The summed E-state index contributed by atoms with van der Waals surface area (Å²) in [6.07, 6.45) is 3.88. The van der Waals surface area contributed by atoms with Crippen LogP contribution in [0.2, 0.25) is 0 Å². The minimum Gasteiger partial charge on any atom is -0.264 e. The second kappa shape index (κ2) is 12.7. The molecular formula is C52H35N3S. The Balaban J connectivity index is 1.08. The van der Waals surface area contributed by atoms with Crippen LogP contribution in [0, 0.1) is 13.8 Å². The van der Waals surface area contributed by atoms with Crippen molar-refractivity contribution in [3.8, 4) is 55.9 Å². The van der Waals surface area contributed by atoms with E-state index in [1.165, 1.54) is 81.8 Å². The predicted octanol–water partition coefficient (Wildman–Crippen LogP) is 13.1. The van der Waals surface area contributed by atoms with E-state index in [4.69, 9.17) is 9.97 Å². The summed E-state index contributed by atoms with van der Waals surface area (Å²) < 4.78 is 0. The molecule has 0 amide bonds. The first-order valence-electron chi connectivity index (χ1n) is 19.1. The summed E-state index contributed by atoms with van der Waals surface area (Å²) in [7, 11) is 0. The predicted molar refractivity (Wildman–Crippen MR) is 230 cm³/mol. The van der Waals surface area contributed by atoms with E-state index in [0.717, 1.165) is 28.3 Å². The Morgan fingerprint density at radius 3 is 1.98 bits per heavy atom. The van der Waals surface area contributed by atoms with Crippen LogP contribution < -0.4 is 0 Å². The highest BCUT2D eigenvalue weighted by Gasteiger charge is 2.51. The SMILES string of the molecule is Cc1nc(-c2ccc(-c3cccc4ccccc34)cc2)cc(-c2ccc3c(c2)C2(c4ccccc4S3)c3ccccc3-c3c(-c4ccncc4C)cccc32)n1. The van der Waals surface area contributed by atoms with Crippen LogP contribution in [0.1, 0.15) is 33.6 Å². The van der Waals surface area contributed by atoms with Gasteiger partial charge in [0.1, 0.15) is 5.82 Å². The van der Waals surface area contributed by atoms with Crippen LogP contribution in [0.15, 0.2) is 186 Å². The van der Waals surface area contributed by atoms with Crippen molar-refractivity contribution in [1.29, 1.82) is 0 Å². The van der Waals surface area contributed by atoms with Crippen molar-refractivity contribution >= 4 is 22.5 Å². The van der Waals surface area contributed by atoms with Crippen LogP contribution in [0.4, 0.5) is 0 Å². The van der Waals surface area contributed by atoms with Crippen molar-refractivity contribution < 1.29 is 0 Å². The molecule has 2 aliphatic rings. The van der Waals surface area contributed by atoms with Gasteiger partial charge in [0.05, 0.1) is 16.8 Å². The van der Waals surface area contributed by atoms with Gasteiger partial charge in [-0.25, -0.2) is 9.97 Å². The summed E-state index contributed by atoms with van der Waals surface area (Å²) in [5.41, 5.74) is 17.3. The van der Waals surface area contributed by atoms with E-state index in [1.54, 1.807) is 0 Å². The van der Waals surface area contributed by atoms with Crippen LogP contribution >= 0.6 is 11.8 Å². The average Bonchev–Trinajstić information content (AvgIpc) is 3.54. The first kappa shape index (κ1) is 32.8. The van der Waals surface area contributed by atoms with Crippen molar-refractivity contribution in [3.63, 3.8) is 0 Å². The summed E-state index contributed by atoms with van der Waals surface area (Å²) in [6.45, 7) is 4.15. The molecule has 0 N–H and O–H groups in total. The van der Waals surface area contributed by atoms with Crippen LogP contribution in [0.25, 0.3) is 66.7 Å². The summed E-state index contributed by atoms with van der Waals surface area (Å²) in [4.78, 5) is 17.0. The Hall–Kier alpha value is -6.62. The maximum Gasteiger partial charge on any atom is 0.126 e. The molecule has 0 saturated carbocycles. The molecule has 1 unspecified atom stereocenters. The Morgan fingerprint density at radius 1 is 0.464 bits per heavy atom. The van der Waals surface area contributed by atoms with Gasteiger partial charge in [-0.2, -0.15) is 0 Å². The van der Waals surface area contributed by atoms with E-state index in [-0.39, 0.29) is 0 Å². The fourth-order valence-corrected chi connectivity index (χ4v) is 10.4. The van der Waals surface area contributed by atoms with Gasteiger partial charge in [-0.3, -0.25) is 4.98 Å². The zero-order valence-electron chi connectivity index (χ0n) is 31.0. The fraction of sp³-hybridized carbons (Fsp3) is 0.0577. The number of hydrogen-bond donors (Lipinski definition) is 0. The highest BCUT2D eigenvalue weighted by molar-refractivity contribution is 7.99. The van der Waals surface area contributed by atoms with Gasteiger partial charge in [-0.1, -0.05) is 145 Å². The van der Waals surface area contributed by atoms with Crippen LogP contribution in [-0.2, 0) is 5.41 Å². The Labute approximate surface area is 330 Å². The maximum absolute atomic E-state index is 5.07. The lowest BCUT2D eigenvalue weighted by molar-refractivity contribution is 0.723. The number of benzene rings is 7. The summed E-state index contributed by atoms with van der Waals surface area (Å²) in [5.74, 6) is 0.747. The molecule has 1 aliphatic heterocycles. The summed E-state index contributed by atoms with van der Waals surface area (Å²) in [5, 5.41) is 2.50. The molecule has 1 aliphatic carbocycles. The molecule has 1 atom stereocenters. The van der Waals surface area contributed by atoms with E-state index >= 15 is 0 Å². The van der Waals surface area contributed by atoms with E-state index in [1.807, 2.05) is 31.1 Å². The summed E-state index contributed by atoms with van der Waals surface area (Å²) in [6, 6.07) is 60.0. The second-order valence-corrected chi connectivity index (χ2v) is 15.9. The molecule has 0 fully saturated rings. The Kier molecular flexibility index (Phi) is 7.45. The van der Waals surface area contributed by atoms with Gasteiger partial charge in [0, 0.05) is 33.3 Å². The molecule has 1 spiro atoms. The van der Waals surface area contributed by atoms with Crippen molar-refractivity contribution in [3.05, 3.63) is 210 Å². The van der Waals surface area contributed by atoms with Crippen LogP contribution in [0.3, 0.4) is 0 Å². The van der Waals surface area contributed by atoms with E-state index in [9.17, 15) is 0 Å². The molecule has 0 saturated heterocycles. The van der Waals surface area contributed by atoms with E-state index in [0.29, 0.717) is 0 Å². The quantitative estimate of drug-likeness (QED) is 0.181. The first-order chi connectivity index (χ1) is 27.6. The van der Waals surface area contributed by atoms with Gasteiger partial charge in [0.15, 0.2) is 0 Å². The fourth-order valence-electron chi connectivity index (χ4n) is 9.27. The third-order valence-corrected chi connectivity index (χ3v) is 12.8. The molecular weight excluding hydrogens is 699 g/mol. The number of hydrogen-bond acceptors (Lipinski definition) is 4. The molecule has 0 radical (unpaired) electrons. The van der Waals surface area contributed by atoms with Crippen LogP contribution in [0.5, 0.6) is 0 Å². The Bertz CT molecular complexity index is 3030. The normalized spacial score (nSPS) is 15.0. The second-order valence-electron chi connectivity index (χ2n) is 14.8. The molecule has 3 nitrogen and oxygen atoms in total. The number of fused-ring (bicyclic) bond motifs is 10. The molecule has 2 aromatic heterocycles. The van der Waals surface area contributed by atoms with Crippen molar-refractivity contribution in [2.24, 2.45) is 0 Å². The van der Waals surface area contributed by atoms with Crippen LogP contribution in [-0.4, -0.2) is 15.0 Å². The van der Waals surface area contributed by atoms with E-state index < -0.39 is 5.41 Å². The average molecular weight is 734 g/mol. The maximum atomic E-state index is 5.07. The number of nitrogens with zero attached hydrogens (tertiary/aromatic N) is 3. The van der Waals surface area contributed by atoms with Gasteiger partial charge in [-0.05, 0) is 116 Å². The highest BCUT2D eigenvalue weighted by atomic mass is 32.2. The minimum atomic E-state index is -0.515. The topological polar surface area (TPSA) is 38.7 Å². The molecule has 7 aromatic carbocycles. The molecule has 3 heterocycles. The summed E-state index contributed by atoms with van der Waals surface area (Å²) >= 11 is 1.86. The highest BCUT2D eigenvalue weighted by Crippen LogP contribution is 2.63. The van der Waals surface area contributed by atoms with Crippen molar-refractivity contribution in [2.45, 2.75) is 29.1 Å². The standard InChI is InChI=1S/C52H35N3S/c1-32-31-53-28-27-38(32)41-16-10-19-45-51(41)42-14-5-6-17-43(42)52(45)44-18-7-8-20-49(44)56-50-26-25-37(29-46(50)52)48-30-47(54-33(2)55-48)36-23-21-35(22-24-36)40-15-9-12-34-11-3-4-13-39(34)40/h3-31H,1-2H3. The first-order valence-corrected chi connectivity index (χ1v) is 19.9. The minimum absolute atomic E-state index is 0.515. The monoisotopic (exact) mass is 733 g/mol. The lowest BCUT2D eigenvalue weighted by Gasteiger charge is -2.40. The van der Waals surface area contributed by atoms with Gasteiger partial charge in [0.25, 0.3) is 0 Å². The van der Waals surface area contributed by atoms with Crippen molar-refractivity contribution in [2.75, 3.05) is 0 Å². The van der Waals surface area contributed by atoms with Gasteiger partial charge < -0.3 is 0 Å². The zero-order valence-corrected chi connectivity index (χ0v) is 31.8. The molecule has 4 heteroatoms. The zero-order chi connectivity index (χ0) is 37.4. The Morgan fingerprint density at radius 2 is 1.11 bits per heavy atom. The van der Waals surface area contributed by atoms with E-state index in [2.05, 4.69) is 176 Å². The number of pyridine rings is 1. The van der Waals surface area contributed by atoms with Gasteiger partial charge in [-0.15, -0.1) is 0 Å². The lowest BCUT2D eigenvalue weighted by atomic mass is 9.67. The smallest absolute Gasteiger partial charge is 0.126 e. The molecule has 11 rings (SSSR count). The molecule has 0 bridgehead atoms.